The van der Waals surface area contributed by atoms with Gasteiger partial charge in [0.15, 0.2) is 0 Å². The van der Waals surface area contributed by atoms with Crippen LogP contribution in [0.5, 0.6) is 0 Å². The maximum atomic E-state index is 13.1. The summed E-state index contributed by atoms with van der Waals surface area (Å²) in [5.74, 6) is -1.33. The zero-order chi connectivity index (χ0) is 20.1. The molecule has 5 nitrogen and oxygen atoms in total. The lowest BCUT2D eigenvalue weighted by Crippen LogP contribution is -2.44. The topological polar surface area (TPSA) is 74.7 Å². The molecule has 1 N–H and O–H groups in total. The Labute approximate surface area is 168 Å². The van der Waals surface area contributed by atoms with Crippen molar-refractivity contribution < 1.29 is 19.5 Å². The summed E-state index contributed by atoms with van der Waals surface area (Å²) < 4.78 is 0. The fourth-order valence-corrected chi connectivity index (χ4v) is 4.39. The molecular weight excluding hydrogens is 374 g/mol. The number of hydrogen-bond donors (Lipinski definition) is 1. The number of likely N-dealkylation sites (tertiary alicyclic amines) is 1. The number of nitrogens with zero attached hydrogens (tertiary/aromatic N) is 1. The molecule has 3 atom stereocenters. The third-order valence-corrected chi connectivity index (χ3v) is 6.17. The highest BCUT2D eigenvalue weighted by Crippen LogP contribution is 2.37. The maximum Gasteiger partial charge on any atom is 0.326 e. The van der Waals surface area contributed by atoms with E-state index in [1.807, 2.05) is 36.4 Å². The minimum Gasteiger partial charge on any atom is -0.480 e. The van der Waals surface area contributed by atoms with Gasteiger partial charge in [0.1, 0.15) is 6.04 Å². The van der Waals surface area contributed by atoms with Crippen molar-refractivity contribution >= 4 is 28.8 Å². The van der Waals surface area contributed by atoms with Gasteiger partial charge in [-0.2, -0.15) is 0 Å². The Bertz CT molecular complexity index is 840. The molecular formula is C22H23NO4S. The minimum atomic E-state index is -0.980. The quantitative estimate of drug-likeness (QED) is 0.797. The smallest absolute Gasteiger partial charge is 0.326 e. The lowest BCUT2D eigenvalue weighted by molar-refractivity contribution is -0.151. The number of benzene rings is 2. The first-order chi connectivity index (χ1) is 13.5. The van der Waals surface area contributed by atoms with Crippen LogP contribution in [-0.2, 0) is 9.59 Å². The van der Waals surface area contributed by atoms with E-state index in [1.165, 1.54) is 4.90 Å². The standard InChI is InChI=1S/C22H23NO4S/c1-15(14-28-22(27)17-10-6-3-7-11-17)20(24)23-18(12-13-19(23)21(25)26)16-8-4-2-5-9-16/h2-11,15,18-19H,12-14H2,1H3,(H,25,26). The highest BCUT2D eigenvalue weighted by molar-refractivity contribution is 8.14. The molecule has 6 heteroatoms. The zero-order valence-electron chi connectivity index (χ0n) is 15.7. The van der Waals surface area contributed by atoms with Crippen molar-refractivity contribution in [3.8, 4) is 0 Å². The van der Waals surface area contributed by atoms with Gasteiger partial charge >= 0.3 is 5.97 Å². The van der Waals surface area contributed by atoms with Gasteiger partial charge in [0.05, 0.1) is 6.04 Å². The average molecular weight is 397 g/mol. The van der Waals surface area contributed by atoms with Gasteiger partial charge in [-0.3, -0.25) is 9.59 Å². The first-order valence-electron chi connectivity index (χ1n) is 9.31. The molecule has 1 aliphatic rings. The number of hydrogen-bond acceptors (Lipinski definition) is 4. The second kappa shape index (κ2) is 9.06. The van der Waals surface area contributed by atoms with Gasteiger partial charge in [-0.1, -0.05) is 79.3 Å². The van der Waals surface area contributed by atoms with E-state index in [1.54, 1.807) is 31.2 Å². The van der Waals surface area contributed by atoms with Crippen molar-refractivity contribution in [1.29, 1.82) is 0 Å². The van der Waals surface area contributed by atoms with Crippen LogP contribution in [0.25, 0.3) is 0 Å². The Morgan fingerprint density at radius 2 is 1.64 bits per heavy atom. The number of carbonyl (C=O) groups is 3. The largest absolute Gasteiger partial charge is 0.480 e. The Morgan fingerprint density at radius 1 is 1.04 bits per heavy atom. The zero-order valence-corrected chi connectivity index (χ0v) is 16.5. The van der Waals surface area contributed by atoms with Crippen LogP contribution in [0.15, 0.2) is 60.7 Å². The van der Waals surface area contributed by atoms with E-state index in [-0.39, 0.29) is 17.1 Å². The molecule has 1 saturated heterocycles. The van der Waals surface area contributed by atoms with Gasteiger partial charge in [-0.15, -0.1) is 0 Å². The summed E-state index contributed by atoms with van der Waals surface area (Å²) in [7, 11) is 0. The summed E-state index contributed by atoms with van der Waals surface area (Å²) >= 11 is 1.10. The predicted octanol–water partition coefficient (Wildman–Crippen LogP) is 4.01. The molecule has 2 aromatic carbocycles. The van der Waals surface area contributed by atoms with Crippen molar-refractivity contribution in [2.45, 2.75) is 31.8 Å². The molecule has 28 heavy (non-hydrogen) atoms. The number of carboxylic acids is 1. The normalized spacial score (nSPS) is 20.0. The van der Waals surface area contributed by atoms with Crippen molar-refractivity contribution in [2.75, 3.05) is 5.75 Å². The first kappa shape index (κ1) is 20.1. The van der Waals surface area contributed by atoms with Crippen molar-refractivity contribution in [3.63, 3.8) is 0 Å². The third kappa shape index (κ3) is 4.44. The van der Waals surface area contributed by atoms with E-state index >= 15 is 0 Å². The van der Waals surface area contributed by atoms with E-state index in [4.69, 9.17) is 0 Å². The third-order valence-electron chi connectivity index (χ3n) is 5.00. The summed E-state index contributed by atoms with van der Waals surface area (Å²) in [4.78, 5) is 38.6. The molecule has 0 saturated carbocycles. The molecule has 0 spiro atoms. The number of thioether (sulfide) groups is 1. The van der Waals surface area contributed by atoms with E-state index in [9.17, 15) is 19.5 Å². The van der Waals surface area contributed by atoms with Crippen LogP contribution >= 0.6 is 11.8 Å². The van der Waals surface area contributed by atoms with Gasteiger partial charge in [0.2, 0.25) is 11.0 Å². The SMILES string of the molecule is CC(CSC(=O)c1ccccc1)C(=O)N1C(C(=O)O)CCC1c1ccccc1. The number of carboxylic acid groups (broad SMARTS) is 1. The molecule has 0 aliphatic carbocycles. The molecule has 1 amide bonds. The summed E-state index contributed by atoms with van der Waals surface area (Å²) in [6, 6.07) is 17.4. The Hall–Kier alpha value is -2.60. The van der Waals surface area contributed by atoms with Gasteiger partial charge in [0, 0.05) is 17.2 Å². The molecule has 146 valence electrons. The van der Waals surface area contributed by atoms with E-state index in [2.05, 4.69) is 0 Å². The summed E-state index contributed by atoms with van der Waals surface area (Å²) in [5.41, 5.74) is 1.54. The molecule has 0 bridgehead atoms. The average Bonchev–Trinajstić information content (AvgIpc) is 3.18. The molecule has 1 heterocycles. The lowest BCUT2D eigenvalue weighted by Gasteiger charge is -2.31. The summed E-state index contributed by atoms with van der Waals surface area (Å²) in [6.07, 6.45) is 1.05. The fraction of sp³-hybridized carbons (Fsp3) is 0.318. The van der Waals surface area contributed by atoms with Crippen LogP contribution in [0.2, 0.25) is 0 Å². The molecule has 2 aromatic rings. The second-order valence-electron chi connectivity index (χ2n) is 6.97. The summed E-state index contributed by atoms with van der Waals surface area (Å²) in [6.45, 7) is 1.76. The number of amides is 1. The first-order valence-corrected chi connectivity index (χ1v) is 10.3. The molecule has 0 radical (unpaired) electrons. The van der Waals surface area contributed by atoms with E-state index in [0.29, 0.717) is 24.2 Å². The van der Waals surface area contributed by atoms with Gasteiger partial charge in [0.25, 0.3) is 0 Å². The van der Waals surface area contributed by atoms with Crippen LogP contribution < -0.4 is 0 Å². The molecule has 1 aliphatic heterocycles. The Morgan fingerprint density at radius 3 is 2.25 bits per heavy atom. The Balaban J connectivity index is 1.71. The van der Waals surface area contributed by atoms with Crippen LogP contribution in [0.1, 0.15) is 41.7 Å². The van der Waals surface area contributed by atoms with Crippen molar-refractivity contribution in [1.82, 2.24) is 4.90 Å². The molecule has 3 rings (SSSR count). The van der Waals surface area contributed by atoms with Gasteiger partial charge < -0.3 is 10.0 Å². The van der Waals surface area contributed by atoms with Crippen LogP contribution in [-0.4, -0.2) is 38.8 Å². The van der Waals surface area contributed by atoms with Crippen LogP contribution in [0, 0.1) is 5.92 Å². The van der Waals surface area contributed by atoms with Crippen LogP contribution in [0.4, 0.5) is 0 Å². The van der Waals surface area contributed by atoms with E-state index < -0.39 is 17.9 Å². The van der Waals surface area contributed by atoms with Crippen molar-refractivity contribution in [2.24, 2.45) is 5.92 Å². The highest BCUT2D eigenvalue weighted by atomic mass is 32.2. The molecule has 3 unspecified atom stereocenters. The highest BCUT2D eigenvalue weighted by Gasteiger charge is 2.42. The van der Waals surface area contributed by atoms with Crippen LogP contribution in [0.3, 0.4) is 0 Å². The number of rotatable bonds is 6. The predicted molar refractivity (Wildman–Crippen MR) is 109 cm³/mol. The fourth-order valence-electron chi connectivity index (χ4n) is 3.55. The maximum absolute atomic E-state index is 13.1. The number of aliphatic carboxylic acids is 1. The second-order valence-corrected chi connectivity index (χ2v) is 7.96. The lowest BCUT2D eigenvalue weighted by atomic mass is 10.0. The molecule has 0 aromatic heterocycles. The van der Waals surface area contributed by atoms with E-state index in [0.717, 1.165) is 17.3 Å². The molecule has 1 fully saturated rings. The summed E-state index contributed by atoms with van der Waals surface area (Å²) in [5, 5.41) is 9.51. The minimum absolute atomic E-state index is 0.0870. The Kier molecular flexibility index (Phi) is 6.52. The van der Waals surface area contributed by atoms with Gasteiger partial charge in [-0.05, 0) is 18.4 Å². The van der Waals surface area contributed by atoms with Gasteiger partial charge in [-0.25, -0.2) is 4.79 Å². The number of carbonyl (C=O) groups excluding carboxylic acids is 2. The van der Waals surface area contributed by atoms with Crippen molar-refractivity contribution in [3.05, 3.63) is 71.8 Å². The monoisotopic (exact) mass is 397 g/mol.